The van der Waals surface area contributed by atoms with Gasteiger partial charge >= 0.3 is 0 Å². The average Bonchev–Trinajstić information content (AvgIpc) is 2.89. The molecule has 0 aliphatic carbocycles. The van der Waals surface area contributed by atoms with Gasteiger partial charge in [-0.15, -0.1) is 0 Å². The fourth-order valence-electron chi connectivity index (χ4n) is 1.71. The van der Waals surface area contributed by atoms with Crippen molar-refractivity contribution < 1.29 is 13.9 Å². The van der Waals surface area contributed by atoms with Crippen LogP contribution in [0.15, 0.2) is 47.3 Å². The van der Waals surface area contributed by atoms with Crippen molar-refractivity contribution in [2.45, 2.75) is 32.9 Å². The zero-order valence-corrected chi connectivity index (χ0v) is 12.0. The Balaban J connectivity index is 1.89. The molecule has 1 aromatic carbocycles. The average molecular weight is 273 g/mol. The van der Waals surface area contributed by atoms with Crippen molar-refractivity contribution in [3.05, 3.63) is 54.0 Å². The molecule has 4 heteroatoms. The summed E-state index contributed by atoms with van der Waals surface area (Å²) in [5, 5.41) is 2.83. The second-order valence-corrected chi connectivity index (χ2v) is 5.55. The van der Waals surface area contributed by atoms with E-state index in [1.54, 1.807) is 6.07 Å². The highest BCUT2D eigenvalue weighted by Crippen LogP contribution is 2.18. The molecule has 0 saturated heterocycles. The fourth-order valence-corrected chi connectivity index (χ4v) is 1.71. The van der Waals surface area contributed by atoms with Crippen LogP contribution in [0.5, 0.6) is 5.75 Å². The van der Waals surface area contributed by atoms with E-state index in [-0.39, 0.29) is 11.5 Å². The summed E-state index contributed by atoms with van der Waals surface area (Å²) in [5.41, 5.74) is 1.33. The summed E-state index contributed by atoms with van der Waals surface area (Å²) in [4.78, 5) is 11.7. The van der Waals surface area contributed by atoms with Crippen LogP contribution in [0.4, 0.5) is 0 Å². The number of nitrogens with one attached hydrogen (secondary N) is 1. The molecule has 0 bridgehead atoms. The first-order valence-corrected chi connectivity index (χ1v) is 6.52. The Kier molecular flexibility index (Phi) is 4.13. The molecule has 1 heterocycles. The molecule has 2 rings (SSSR count). The topological polar surface area (TPSA) is 51.5 Å². The number of ether oxygens (including phenoxy) is 1. The summed E-state index contributed by atoms with van der Waals surface area (Å²) >= 11 is 0. The minimum atomic E-state index is -0.211. The predicted octanol–water partition coefficient (Wildman–Crippen LogP) is 3.39. The molecule has 0 unspecified atom stereocenters. The van der Waals surface area contributed by atoms with Crippen LogP contribution in [0.1, 0.15) is 36.7 Å². The van der Waals surface area contributed by atoms with E-state index in [9.17, 15) is 4.79 Å². The molecular formula is C16H19NO3. The van der Waals surface area contributed by atoms with Crippen LogP contribution < -0.4 is 10.1 Å². The number of carbonyl (C=O) groups excluding carboxylic acids is 1. The van der Waals surface area contributed by atoms with Gasteiger partial charge in [0.2, 0.25) is 0 Å². The minimum absolute atomic E-state index is 0.145. The van der Waals surface area contributed by atoms with Crippen LogP contribution in [0.3, 0.4) is 0 Å². The van der Waals surface area contributed by atoms with Crippen LogP contribution in [-0.4, -0.2) is 11.5 Å². The first kappa shape index (κ1) is 14.2. The smallest absolute Gasteiger partial charge is 0.254 e. The third-order valence-electron chi connectivity index (χ3n) is 2.58. The van der Waals surface area contributed by atoms with Crippen molar-refractivity contribution in [2.24, 2.45) is 0 Å². The van der Waals surface area contributed by atoms with Gasteiger partial charge in [0.1, 0.15) is 17.6 Å². The van der Waals surface area contributed by atoms with Crippen LogP contribution in [-0.2, 0) is 6.54 Å². The molecule has 1 N–H and O–H groups in total. The van der Waals surface area contributed by atoms with Crippen molar-refractivity contribution in [3.8, 4) is 5.75 Å². The third kappa shape index (κ3) is 4.16. The zero-order chi connectivity index (χ0) is 14.6. The lowest BCUT2D eigenvalue weighted by Crippen LogP contribution is -2.23. The maximum atomic E-state index is 11.7. The summed E-state index contributed by atoms with van der Waals surface area (Å²) in [5.74, 6) is 0.677. The Labute approximate surface area is 118 Å². The van der Waals surface area contributed by atoms with E-state index in [2.05, 4.69) is 5.32 Å². The Bertz CT molecular complexity index is 550. The van der Waals surface area contributed by atoms with Crippen LogP contribution in [0.2, 0.25) is 0 Å². The maximum absolute atomic E-state index is 11.7. The second-order valence-electron chi connectivity index (χ2n) is 5.55. The van der Waals surface area contributed by atoms with E-state index in [0.717, 1.165) is 11.3 Å². The number of hydrogen-bond donors (Lipinski definition) is 1. The second kappa shape index (κ2) is 5.82. The van der Waals surface area contributed by atoms with Gasteiger partial charge in [0.15, 0.2) is 0 Å². The van der Waals surface area contributed by atoms with Gasteiger partial charge in [0, 0.05) is 6.54 Å². The zero-order valence-electron chi connectivity index (χ0n) is 12.0. The Morgan fingerprint density at radius 1 is 1.20 bits per heavy atom. The standard InChI is InChI=1S/C16H19NO3/c1-16(2,3)20-14-6-4-12(5-7-14)10-17-15(18)13-8-9-19-11-13/h4-9,11H,10H2,1-3H3,(H,17,18). The first-order chi connectivity index (χ1) is 9.44. The van der Waals surface area contributed by atoms with E-state index in [1.807, 2.05) is 45.0 Å². The highest BCUT2D eigenvalue weighted by atomic mass is 16.5. The molecule has 0 spiro atoms. The lowest BCUT2D eigenvalue weighted by Gasteiger charge is -2.21. The molecule has 1 amide bonds. The molecule has 0 saturated carbocycles. The number of benzene rings is 1. The van der Waals surface area contributed by atoms with E-state index < -0.39 is 0 Å². The summed E-state index contributed by atoms with van der Waals surface area (Å²) in [6.45, 7) is 6.49. The number of rotatable bonds is 4. The number of amides is 1. The van der Waals surface area contributed by atoms with Crippen LogP contribution in [0.25, 0.3) is 0 Å². The Morgan fingerprint density at radius 2 is 1.90 bits per heavy atom. The van der Waals surface area contributed by atoms with E-state index in [4.69, 9.17) is 9.15 Å². The summed E-state index contributed by atoms with van der Waals surface area (Å²) in [6.07, 6.45) is 2.91. The molecule has 4 nitrogen and oxygen atoms in total. The van der Waals surface area contributed by atoms with Crippen molar-refractivity contribution in [1.82, 2.24) is 5.32 Å². The molecule has 106 valence electrons. The first-order valence-electron chi connectivity index (χ1n) is 6.52. The molecule has 0 aliphatic rings. The number of carbonyl (C=O) groups is 1. The van der Waals surface area contributed by atoms with Gasteiger partial charge in [-0.25, -0.2) is 0 Å². The minimum Gasteiger partial charge on any atom is -0.488 e. The van der Waals surface area contributed by atoms with Crippen molar-refractivity contribution in [1.29, 1.82) is 0 Å². The lowest BCUT2D eigenvalue weighted by atomic mass is 10.1. The predicted molar refractivity (Wildman–Crippen MR) is 76.7 cm³/mol. The van der Waals surface area contributed by atoms with E-state index in [1.165, 1.54) is 12.5 Å². The third-order valence-corrected chi connectivity index (χ3v) is 2.58. The molecule has 0 radical (unpaired) electrons. The molecule has 1 aromatic heterocycles. The number of furan rings is 1. The Hall–Kier alpha value is -2.23. The molecule has 0 atom stereocenters. The molecule has 0 fully saturated rings. The molecule has 0 aliphatic heterocycles. The van der Waals surface area contributed by atoms with Gasteiger partial charge < -0.3 is 14.5 Å². The van der Waals surface area contributed by atoms with Crippen molar-refractivity contribution in [2.75, 3.05) is 0 Å². The van der Waals surface area contributed by atoms with E-state index in [0.29, 0.717) is 12.1 Å². The van der Waals surface area contributed by atoms with Gasteiger partial charge in [0.25, 0.3) is 5.91 Å². The van der Waals surface area contributed by atoms with Gasteiger partial charge in [-0.05, 0) is 44.5 Å². The number of hydrogen-bond acceptors (Lipinski definition) is 3. The lowest BCUT2D eigenvalue weighted by molar-refractivity contribution is 0.0950. The fraction of sp³-hybridized carbons (Fsp3) is 0.312. The molecular weight excluding hydrogens is 254 g/mol. The summed E-state index contributed by atoms with van der Waals surface area (Å²) < 4.78 is 10.6. The monoisotopic (exact) mass is 273 g/mol. The maximum Gasteiger partial charge on any atom is 0.254 e. The largest absolute Gasteiger partial charge is 0.488 e. The quantitative estimate of drug-likeness (QED) is 0.929. The summed E-state index contributed by atoms with van der Waals surface area (Å²) in [6, 6.07) is 9.33. The molecule has 20 heavy (non-hydrogen) atoms. The summed E-state index contributed by atoms with van der Waals surface area (Å²) in [7, 11) is 0. The van der Waals surface area contributed by atoms with Crippen molar-refractivity contribution in [3.63, 3.8) is 0 Å². The van der Waals surface area contributed by atoms with Crippen LogP contribution in [0, 0.1) is 0 Å². The van der Waals surface area contributed by atoms with Gasteiger partial charge in [-0.3, -0.25) is 4.79 Å². The highest BCUT2D eigenvalue weighted by Gasteiger charge is 2.11. The SMILES string of the molecule is CC(C)(C)Oc1ccc(CNC(=O)c2ccoc2)cc1. The van der Waals surface area contributed by atoms with Crippen molar-refractivity contribution >= 4 is 5.91 Å². The van der Waals surface area contributed by atoms with Gasteiger partial charge in [0.05, 0.1) is 11.8 Å². The Morgan fingerprint density at radius 3 is 2.45 bits per heavy atom. The normalized spacial score (nSPS) is 11.2. The van der Waals surface area contributed by atoms with Gasteiger partial charge in [-0.1, -0.05) is 12.1 Å². The highest BCUT2D eigenvalue weighted by molar-refractivity contribution is 5.93. The van der Waals surface area contributed by atoms with Crippen LogP contribution >= 0.6 is 0 Å². The molecule has 2 aromatic rings. The van der Waals surface area contributed by atoms with E-state index >= 15 is 0 Å². The van der Waals surface area contributed by atoms with Gasteiger partial charge in [-0.2, -0.15) is 0 Å².